The fraction of sp³-hybridized carbons (Fsp3) is 0.583. The molecule has 1 N–H and O–H groups in total. The van der Waals surface area contributed by atoms with E-state index in [1.54, 1.807) is 6.92 Å². The lowest BCUT2D eigenvalue weighted by Gasteiger charge is -2.04. The fourth-order valence-corrected chi connectivity index (χ4v) is 2.14. The van der Waals surface area contributed by atoms with Crippen LogP contribution in [0.2, 0.25) is 0 Å². The van der Waals surface area contributed by atoms with Crippen LogP contribution in [0.1, 0.15) is 44.9 Å². The molecule has 1 aromatic heterocycles. The van der Waals surface area contributed by atoms with Crippen molar-refractivity contribution in [3.63, 3.8) is 0 Å². The third-order valence-corrected chi connectivity index (χ3v) is 3.27. The molecule has 84 valence electrons. The van der Waals surface area contributed by atoms with Crippen LogP contribution < -0.4 is 0 Å². The second-order valence-corrected chi connectivity index (χ2v) is 4.82. The Hall–Kier alpha value is -0.540. The standard InChI is InChI=1S/C12H19NOS/c1-3-4-5-8-15-11-6-7-12(10(2)14)13-9-11/h6-7,9-10,14H,3-5,8H2,1-2H3/t10-/m0/s1. The SMILES string of the molecule is CCCCCSc1ccc([C@H](C)O)nc1. The van der Waals surface area contributed by atoms with E-state index in [9.17, 15) is 5.11 Å². The molecule has 0 unspecified atom stereocenters. The number of aliphatic hydroxyl groups is 1. The van der Waals surface area contributed by atoms with Crippen LogP contribution in [0.4, 0.5) is 0 Å². The number of aromatic nitrogens is 1. The third-order valence-electron chi connectivity index (χ3n) is 2.20. The van der Waals surface area contributed by atoms with Crippen molar-refractivity contribution >= 4 is 11.8 Å². The van der Waals surface area contributed by atoms with Crippen LogP contribution in [0.5, 0.6) is 0 Å². The topological polar surface area (TPSA) is 33.1 Å². The minimum Gasteiger partial charge on any atom is -0.387 e. The molecule has 1 aromatic rings. The van der Waals surface area contributed by atoms with Crippen molar-refractivity contribution in [2.24, 2.45) is 0 Å². The number of thioether (sulfide) groups is 1. The Morgan fingerprint density at radius 3 is 2.73 bits per heavy atom. The molecule has 0 saturated carbocycles. The fourth-order valence-electron chi connectivity index (χ4n) is 1.27. The number of pyridine rings is 1. The molecule has 3 heteroatoms. The molecule has 0 radical (unpaired) electrons. The van der Waals surface area contributed by atoms with Gasteiger partial charge < -0.3 is 5.11 Å². The maximum atomic E-state index is 9.29. The van der Waals surface area contributed by atoms with Gasteiger partial charge in [-0.2, -0.15) is 0 Å². The van der Waals surface area contributed by atoms with Crippen molar-refractivity contribution in [3.8, 4) is 0 Å². The van der Waals surface area contributed by atoms with E-state index in [-0.39, 0.29) is 0 Å². The molecule has 0 amide bonds. The maximum Gasteiger partial charge on any atom is 0.0931 e. The average Bonchev–Trinajstić information content (AvgIpc) is 2.25. The number of nitrogens with zero attached hydrogens (tertiary/aromatic N) is 1. The number of aliphatic hydroxyl groups excluding tert-OH is 1. The van der Waals surface area contributed by atoms with Gasteiger partial charge in [-0.05, 0) is 31.2 Å². The van der Waals surface area contributed by atoms with Gasteiger partial charge in [0, 0.05) is 11.1 Å². The second-order valence-electron chi connectivity index (χ2n) is 3.65. The van der Waals surface area contributed by atoms with E-state index in [0.29, 0.717) is 0 Å². The summed E-state index contributed by atoms with van der Waals surface area (Å²) >= 11 is 1.84. The van der Waals surface area contributed by atoms with E-state index >= 15 is 0 Å². The molecule has 1 heterocycles. The van der Waals surface area contributed by atoms with Crippen molar-refractivity contribution < 1.29 is 5.11 Å². The molecule has 0 aromatic carbocycles. The molecule has 0 aliphatic carbocycles. The zero-order valence-corrected chi connectivity index (χ0v) is 10.3. The largest absolute Gasteiger partial charge is 0.387 e. The molecule has 0 aliphatic rings. The molecule has 1 rings (SSSR count). The number of unbranched alkanes of at least 4 members (excludes halogenated alkanes) is 2. The Morgan fingerprint density at radius 2 is 2.20 bits per heavy atom. The van der Waals surface area contributed by atoms with E-state index in [0.717, 1.165) is 11.4 Å². The molecular formula is C12H19NOS. The van der Waals surface area contributed by atoms with Crippen LogP contribution in [-0.4, -0.2) is 15.8 Å². The maximum absolute atomic E-state index is 9.29. The molecule has 0 fully saturated rings. The second kappa shape index (κ2) is 6.85. The summed E-state index contributed by atoms with van der Waals surface area (Å²) < 4.78 is 0. The summed E-state index contributed by atoms with van der Waals surface area (Å²) in [5.74, 6) is 1.16. The smallest absolute Gasteiger partial charge is 0.0931 e. The number of hydrogen-bond acceptors (Lipinski definition) is 3. The van der Waals surface area contributed by atoms with Crippen molar-refractivity contribution in [2.75, 3.05) is 5.75 Å². The van der Waals surface area contributed by atoms with Gasteiger partial charge in [0.05, 0.1) is 11.8 Å². The Morgan fingerprint density at radius 1 is 1.40 bits per heavy atom. The van der Waals surface area contributed by atoms with Gasteiger partial charge in [-0.25, -0.2) is 0 Å². The Labute approximate surface area is 96.1 Å². The van der Waals surface area contributed by atoms with E-state index < -0.39 is 6.10 Å². The minimum atomic E-state index is -0.468. The lowest BCUT2D eigenvalue weighted by Crippen LogP contribution is -1.94. The van der Waals surface area contributed by atoms with E-state index in [4.69, 9.17) is 0 Å². The number of rotatable bonds is 6. The minimum absolute atomic E-state index is 0.468. The Bertz CT molecular complexity index is 271. The summed E-state index contributed by atoms with van der Waals surface area (Å²) in [7, 11) is 0. The summed E-state index contributed by atoms with van der Waals surface area (Å²) in [6.45, 7) is 3.94. The molecular weight excluding hydrogens is 206 g/mol. The Balaban J connectivity index is 2.36. The summed E-state index contributed by atoms with van der Waals surface area (Å²) in [6, 6.07) is 3.93. The quantitative estimate of drug-likeness (QED) is 0.595. The van der Waals surface area contributed by atoms with Crippen molar-refractivity contribution in [1.29, 1.82) is 0 Å². The van der Waals surface area contributed by atoms with Gasteiger partial charge in [0.1, 0.15) is 0 Å². The van der Waals surface area contributed by atoms with Crippen LogP contribution in [0.25, 0.3) is 0 Å². The lowest BCUT2D eigenvalue weighted by atomic mass is 10.2. The summed E-state index contributed by atoms with van der Waals surface area (Å²) in [5.41, 5.74) is 0.743. The van der Waals surface area contributed by atoms with Crippen LogP contribution >= 0.6 is 11.8 Å². The molecule has 15 heavy (non-hydrogen) atoms. The summed E-state index contributed by atoms with van der Waals surface area (Å²) in [5, 5.41) is 9.29. The first-order valence-corrected chi connectivity index (χ1v) is 6.49. The van der Waals surface area contributed by atoms with Gasteiger partial charge in [-0.15, -0.1) is 11.8 Å². The molecule has 0 aliphatic heterocycles. The third kappa shape index (κ3) is 4.67. The molecule has 0 saturated heterocycles. The normalized spacial score (nSPS) is 12.7. The first-order valence-electron chi connectivity index (χ1n) is 5.51. The Kier molecular flexibility index (Phi) is 5.73. The van der Waals surface area contributed by atoms with Gasteiger partial charge in [0.15, 0.2) is 0 Å². The molecule has 1 atom stereocenters. The first-order chi connectivity index (χ1) is 7.24. The zero-order valence-electron chi connectivity index (χ0n) is 9.44. The van der Waals surface area contributed by atoms with Crippen molar-refractivity contribution in [3.05, 3.63) is 24.0 Å². The van der Waals surface area contributed by atoms with Crippen molar-refractivity contribution in [1.82, 2.24) is 4.98 Å². The van der Waals surface area contributed by atoms with Crippen molar-refractivity contribution in [2.45, 2.75) is 44.1 Å². The van der Waals surface area contributed by atoms with E-state index in [2.05, 4.69) is 11.9 Å². The highest BCUT2D eigenvalue weighted by atomic mass is 32.2. The monoisotopic (exact) mass is 225 g/mol. The molecule has 0 spiro atoms. The highest BCUT2D eigenvalue weighted by Gasteiger charge is 2.01. The van der Waals surface area contributed by atoms with Gasteiger partial charge in [-0.1, -0.05) is 19.8 Å². The van der Waals surface area contributed by atoms with Gasteiger partial charge in [0.2, 0.25) is 0 Å². The van der Waals surface area contributed by atoms with Gasteiger partial charge in [0.25, 0.3) is 0 Å². The summed E-state index contributed by atoms with van der Waals surface area (Å²) in [6.07, 6.45) is 5.20. The molecule has 0 bridgehead atoms. The average molecular weight is 225 g/mol. The zero-order chi connectivity index (χ0) is 11.1. The van der Waals surface area contributed by atoms with E-state index in [1.807, 2.05) is 30.1 Å². The van der Waals surface area contributed by atoms with Crippen LogP contribution in [0.15, 0.2) is 23.2 Å². The van der Waals surface area contributed by atoms with Crippen LogP contribution in [-0.2, 0) is 0 Å². The van der Waals surface area contributed by atoms with Crippen LogP contribution in [0, 0.1) is 0 Å². The van der Waals surface area contributed by atoms with E-state index in [1.165, 1.54) is 24.2 Å². The number of hydrogen-bond donors (Lipinski definition) is 1. The van der Waals surface area contributed by atoms with Crippen LogP contribution in [0.3, 0.4) is 0 Å². The van der Waals surface area contributed by atoms with Gasteiger partial charge in [-0.3, -0.25) is 4.98 Å². The first kappa shape index (κ1) is 12.5. The molecule has 2 nitrogen and oxygen atoms in total. The lowest BCUT2D eigenvalue weighted by molar-refractivity contribution is 0.194. The van der Waals surface area contributed by atoms with Gasteiger partial charge >= 0.3 is 0 Å². The predicted octanol–water partition coefficient (Wildman–Crippen LogP) is 3.42. The predicted molar refractivity (Wildman–Crippen MR) is 65.1 cm³/mol. The summed E-state index contributed by atoms with van der Waals surface area (Å²) in [4.78, 5) is 5.40. The highest BCUT2D eigenvalue weighted by molar-refractivity contribution is 7.99. The highest BCUT2D eigenvalue weighted by Crippen LogP contribution is 2.20.